The second kappa shape index (κ2) is 5.48. The zero-order valence-corrected chi connectivity index (χ0v) is 12.3. The summed E-state index contributed by atoms with van der Waals surface area (Å²) in [6, 6.07) is 0.685. The van der Waals surface area contributed by atoms with E-state index in [0.717, 1.165) is 12.8 Å². The van der Waals surface area contributed by atoms with Crippen molar-refractivity contribution < 1.29 is 5.11 Å². The lowest BCUT2D eigenvalue weighted by Crippen LogP contribution is -2.46. The molecule has 0 aromatic rings. The van der Waals surface area contributed by atoms with Crippen LogP contribution >= 0.6 is 0 Å². The maximum absolute atomic E-state index is 9.59. The van der Waals surface area contributed by atoms with Gasteiger partial charge in [-0.05, 0) is 57.5 Å². The highest BCUT2D eigenvalue weighted by atomic mass is 16.3. The quantitative estimate of drug-likeness (QED) is 0.788. The Hall–Kier alpha value is -0.120. The van der Waals surface area contributed by atoms with Gasteiger partial charge in [-0.3, -0.25) is 4.90 Å². The number of nitrogens with one attached hydrogen (secondary N) is 1. The van der Waals surface area contributed by atoms with Crippen LogP contribution < -0.4 is 5.32 Å². The Morgan fingerprint density at radius 1 is 1.28 bits per heavy atom. The first-order chi connectivity index (χ1) is 8.62. The van der Waals surface area contributed by atoms with Gasteiger partial charge in [-0.1, -0.05) is 13.8 Å². The number of likely N-dealkylation sites (tertiary alicyclic amines) is 1. The van der Waals surface area contributed by atoms with Gasteiger partial charge >= 0.3 is 0 Å². The smallest absolute Gasteiger partial charge is 0.0613 e. The fraction of sp³-hybridized carbons (Fsp3) is 1.00. The van der Waals surface area contributed by atoms with Crippen molar-refractivity contribution >= 4 is 0 Å². The molecule has 2 N–H and O–H groups in total. The summed E-state index contributed by atoms with van der Waals surface area (Å²) in [4.78, 5) is 2.70. The van der Waals surface area contributed by atoms with E-state index in [-0.39, 0.29) is 12.1 Å². The summed E-state index contributed by atoms with van der Waals surface area (Å²) in [7, 11) is 1.99. The van der Waals surface area contributed by atoms with E-state index in [4.69, 9.17) is 0 Å². The first-order valence-electron chi connectivity index (χ1n) is 7.66. The number of hydrogen-bond acceptors (Lipinski definition) is 3. The Kier molecular flexibility index (Phi) is 4.35. The van der Waals surface area contributed by atoms with Gasteiger partial charge in [0.25, 0.3) is 0 Å². The molecule has 1 saturated carbocycles. The third-order valence-electron chi connectivity index (χ3n) is 5.90. The average Bonchev–Trinajstić information content (AvgIpc) is 3.04. The first kappa shape index (κ1) is 14.3. The van der Waals surface area contributed by atoms with Crippen molar-refractivity contribution in [3.05, 3.63) is 0 Å². The van der Waals surface area contributed by atoms with Crippen LogP contribution in [-0.2, 0) is 0 Å². The lowest BCUT2D eigenvalue weighted by Gasteiger charge is -2.31. The maximum atomic E-state index is 9.59. The Labute approximate surface area is 112 Å². The van der Waals surface area contributed by atoms with E-state index in [1.165, 1.54) is 38.8 Å². The monoisotopic (exact) mass is 254 g/mol. The van der Waals surface area contributed by atoms with E-state index in [9.17, 15) is 5.11 Å². The summed E-state index contributed by atoms with van der Waals surface area (Å²) >= 11 is 0. The SMILES string of the molecule is CCC1(CC)CCN(C2CCC(CO)(NC)C2)C1. The largest absolute Gasteiger partial charge is 0.394 e. The van der Waals surface area contributed by atoms with E-state index >= 15 is 0 Å². The summed E-state index contributed by atoms with van der Waals surface area (Å²) in [6.07, 6.45) is 7.46. The van der Waals surface area contributed by atoms with Crippen molar-refractivity contribution in [3.8, 4) is 0 Å². The van der Waals surface area contributed by atoms with Gasteiger partial charge in [0.15, 0.2) is 0 Å². The molecule has 2 rings (SSSR count). The Bertz CT molecular complexity index is 244. The van der Waals surface area contributed by atoms with Crippen LogP contribution in [0.1, 0.15) is 52.4 Å². The molecular weight excluding hydrogens is 224 g/mol. The van der Waals surface area contributed by atoms with E-state index < -0.39 is 0 Å². The molecule has 1 aliphatic carbocycles. The second-order valence-electron chi connectivity index (χ2n) is 6.51. The molecule has 106 valence electrons. The molecule has 2 atom stereocenters. The van der Waals surface area contributed by atoms with Gasteiger partial charge in [-0.15, -0.1) is 0 Å². The van der Waals surface area contributed by atoms with Crippen molar-refractivity contribution in [2.24, 2.45) is 5.41 Å². The van der Waals surface area contributed by atoms with Gasteiger partial charge in [0.05, 0.1) is 6.61 Å². The van der Waals surface area contributed by atoms with Gasteiger partial charge in [-0.25, -0.2) is 0 Å². The second-order valence-corrected chi connectivity index (χ2v) is 6.51. The molecule has 1 heterocycles. The summed E-state index contributed by atoms with van der Waals surface area (Å²) < 4.78 is 0. The van der Waals surface area contributed by atoms with Gasteiger partial charge in [0.2, 0.25) is 0 Å². The molecule has 3 heteroatoms. The van der Waals surface area contributed by atoms with Crippen molar-refractivity contribution in [3.63, 3.8) is 0 Å². The minimum Gasteiger partial charge on any atom is -0.394 e. The number of aliphatic hydroxyl groups excluding tert-OH is 1. The van der Waals surface area contributed by atoms with Gasteiger partial charge in [0, 0.05) is 18.1 Å². The molecule has 0 aromatic carbocycles. The highest BCUT2D eigenvalue weighted by Gasteiger charge is 2.44. The van der Waals surface area contributed by atoms with Crippen LogP contribution in [0, 0.1) is 5.41 Å². The third-order valence-corrected chi connectivity index (χ3v) is 5.90. The predicted octanol–water partition coefficient (Wildman–Crippen LogP) is 2.00. The van der Waals surface area contributed by atoms with Crippen LogP contribution in [-0.4, -0.2) is 48.3 Å². The van der Waals surface area contributed by atoms with Crippen molar-refractivity contribution in [1.29, 1.82) is 0 Å². The number of aliphatic hydroxyl groups is 1. The lowest BCUT2D eigenvalue weighted by atomic mass is 9.82. The molecule has 2 fully saturated rings. The number of likely N-dealkylation sites (N-methyl/N-ethyl adjacent to an activating group) is 1. The van der Waals surface area contributed by atoms with Crippen LogP contribution in [0.5, 0.6) is 0 Å². The molecular formula is C15H30N2O. The lowest BCUT2D eigenvalue weighted by molar-refractivity contribution is 0.150. The zero-order valence-electron chi connectivity index (χ0n) is 12.3. The molecule has 2 unspecified atom stereocenters. The minimum atomic E-state index is -0.00561. The standard InChI is InChI=1S/C15H30N2O/c1-4-14(5-2)8-9-17(11-14)13-6-7-15(10-13,12-18)16-3/h13,16,18H,4-12H2,1-3H3. The molecule has 0 radical (unpaired) electrons. The van der Waals surface area contributed by atoms with E-state index in [2.05, 4.69) is 24.1 Å². The molecule has 3 nitrogen and oxygen atoms in total. The summed E-state index contributed by atoms with van der Waals surface area (Å²) in [5.74, 6) is 0. The number of rotatable bonds is 5. The van der Waals surface area contributed by atoms with Crippen LogP contribution in [0.2, 0.25) is 0 Å². The zero-order chi connectivity index (χ0) is 13.2. The molecule has 18 heavy (non-hydrogen) atoms. The number of hydrogen-bond donors (Lipinski definition) is 2. The fourth-order valence-electron chi connectivity index (χ4n) is 3.97. The van der Waals surface area contributed by atoms with Crippen LogP contribution in [0.15, 0.2) is 0 Å². The Morgan fingerprint density at radius 2 is 2.00 bits per heavy atom. The van der Waals surface area contributed by atoms with E-state index in [0.29, 0.717) is 11.5 Å². The summed E-state index contributed by atoms with van der Waals surface area (Å²) in [5.41, 5.74) is 0.568. The predicted molar refractivity (Wildman–Crippen MR) is 75.7 cm³/mol. The van der Waals surface area contributed by atoms with Crippen LogP contribution in [0.25, 0.3) is 0 Å². The summed E-state index contributed by atoms with van der Waals surface area (Å²) in [6.45, 7) is 7.49. The fourth-order valence-corrected chi connectivity index (χ4v) is 3.97. The summed E-state index contributed by atoms with van der Waals surface area (Å²) in [5, 5.41) is 12.9. The van der Waals surface area contributed by atoms with E-state index in [1.807, 2.05) is 7.05 Å². The van der Waals surface area contributed by atoms with Crippen molar-refractivity contribution in [1.82, 2.24) is 10.2 Å². The Morgan fingerprint density at radius 3 is 2.44 bits per heavy atom. The molecule has 1 aliphatic heterocycles. The van der Waals surface area contributed by atoms with E-state index in [1.54, 1.807) is 0 Å². The van der Waals surface area contributed by atoms with Crippen LogP contribution in [0.3, 0.4) is 0 Å². The van der Waals surface area contributed by atoms with Crippen molar-refractivity contribution in [2.45, 2.75) is 64.0 Å². The van der Waals surface area contributed by atoms with Gasteiger partial charge in [0.1, 0.15) is 0 Å². The highest BCUT2D eigenvalue weighted by Crippen LogP contribution is 2.41. The molecule has 0 amide bonds. The van der Waals surface area contributed by atoms with Crippen molar-refractivity contribution in [2.75, 3.05) is 26.7 Å². The van der Waals surface area contributed by atoms with Crippen LogP contribution in [0.4, 0.5) is 0 Å². The maximum Gasteiger partial charge on any atom is 0.0613 e. The molecule has 0 aromatic heterocycles. The molecule has 1 saturated heterocycles. The molecule has 0 bridgehead atoms. The third kappa shape index (κ3) is 2.45. The topological polar surface area (TPSA) is 35.5 Å². The number of nitrogens with zero attached hydrogens (tertiary/aromatic N) is 1. The van der Waals surface area contributed by atoms with Gasteiger partial charge < -0.3 is 10.4 Å². The highest BCUT2D eigenvalue weighted by molar-refractivity contribution is 5.01. The molecule has 0 spiro atoms. The average molecular weight is 254 g/mol. The normalized spacial score (nSPS) is 36.3. The first-order valence-corrected chi connectivity index (χ1v) is 7.66. The molecule has 2 aliphatic rings. The van der Waals surface area contributed by atoms with Gasteiger partial charge in [-0.2, -0.15) is 0 Å². The Balaban J connectivity index is 1.96. The minimum absolute atomic E-state index is 0.00561.